The molecular weight excluding hydrogens is 354 g/mol. The van der Waals surface area contributed by atoms with Crippen molar-refractivity contribution in [3.05, 3.63) is 46.4 Å². The number of carbonyl (C=O) groups excluding carboxylic acids is 2. The fourth-order valence-corrected chi connectivity index (χ4v) is 3.33. The zero-order valence-corrected chi connectivity index (χ0v) is 14.6. The summed E-state index contributed by atoms with van der Waals surface area (Å²) >= 11 is 0.913. The van der Waals surface area contributed by atoms with Gasteiger partial charge in [0.15, 0.2) is 5.69 Å². The molecule has 0 bridgehead atoms. The van der Waals surface area contributed by atoms with E-state index in [2.05, 4.69) is 24.9 Å². The lowest BCUT2D eigenvalue weighted by atomic mass is 10.1. The molecule has 10 heteroatoms. The lowest BCUT2D eigenvalue weighted by molar-refractivity contribution is 0.0720. The predicted molar refractivity (Wildman–Crippen MR) is 92.5 cm³/mol. The molecule has 1 aliphatic rings. The van der Waals surface area contributed by atoms with E-state index in [-0.39, 0.29) is 22.0 Å². The van der Waals surface area contributed by atoms with E-state index < -0.39 is 5.91 Å². The molecule has 0 unspecified atom stereocenters. The van der Waals surface area contributed by atoms with Crippen LogP contribution in [-0.2, 0) is 0 Å². The Morgan fingerprint density at radius 1 is 1.04 bits per heavy atom. The summed E-state index contributed by atoms with van der Waals surface area (Å²) in [5.74, 6) is -0.638. The van der Waals surface area contributed by atoms with E-state index in [0.29, 0.717) is 18.7 Å². The number of piperidine rings is 1. The molecule has 4 rings (SSSR count). The van der Waals surface area contributed by atoms with Crippen molar-refractivity contribution in [2.24, 2.45) is 4.99 Å². The summed E-state index contributed by atoms with van der Waals surface area (Å²) in [4.78, 5) is 31.0. The van der Waals surface area contributed by atoms with E-state index in [1.807, 2.05) is 6.07 Å². The summed E-state index contributed by atoms with van der Waals surface area (Å²) in [6.07, 6.45) is 3.08. The Labute approximate surface area is 152 Å². The number of carbonyl (C=O) groups is 2. The molecule has 0 radical (unpaired) electrons. The Bertz CT molecular complexity index is 1020. The van der Waals surface area contributed by atoms with Crippen LogP contribution in [0.3, 0.4) is 0 Å². The normalized spacial score (nSPS) is 15.4. The van der Waals surface area contributed by atoms with Crippen molar-refractivity contribution in [1.29, 1.82) is 0 Å². The minimum atomic E-state index is -0.421. The lowest BCUT2D eigenvalue weighted by Crippen LogP contribution is -2.36. The number of rotatable bonds is 2. The van der Waals surface area contributed by atoms with E-state index in [4.69, 9.17) is 0 Å². The second kappa shape index (κ2) is 7.08. The number of hydrogen-bond donors (Lipinski definition) is 0. The van der Waals surface area contributed by atoms with E-state index in [0.717, 1.165) is 30.8 Å². The molecule has 132 valence electrons. The third kappa shape index (κ3) is 3.10. The van der Waals surface area contributed by atoms with Crippen LogP contribution in [0.2, 0.25) is 0 Å². The fourth-order valence-electron chi connectivity index (χ4n) is 2.81. The molecule has 0 N–H and O–H groups in total. The Balaban J connectivity index is 1.72. The monoisotopic (exact) mass is 369 g/mol. The Kier molecular flexibility index (Phi) is 4.48. The van der Waals surface area contributed by atoms with Crippen LogP contribution < -0.4 is 4.80 Å². The molecule has 1 fully saturated rings. The molecule has 0 aliphatic carbocycles. The van der Waals surface area contributed by atoms with E-state index in [9.17, 15) is 9.59 Å². The second-order valence-electron chi connectivity index (χ2n) is 5.86. The van der Waals surface area contributed by atoms with Crippen LogP contribution >= 0.6 is 11.5 Å². The number of likely N-dealkylation sites (tertiary alicyclic amines) is 1. The molecule has 0 spiro atoms. The van der Waals surface area contributed by atoms with Crippen molar-refractivity contribution in [3.63, 3.8) is 0 Å². The molecule has 0 atom stereocenters. The highest BCUT2D eigenvalue weighted by Crippen LogP contribution is 2.13. The van der Waals surface area contributed by atoms with Gasteiger partial charge in [-0.3, -0.25) is 9.59 Å². The fraction of sp³-hybridized carbons (Fsp3) is 0.312. The molecule has 1 aromatic carbocycles. The minimum Gasteiger partial charge on any atom is -0.337 e. The van der Waals surface area contributed by atoms with Gasteiger partial charge in [0.25, 0.3) is 11.8 Å². The van der Waals surface area contributed by atoms with E-state index >= 15 is 0 Å². The predicted octanol–water partition coefficient (Wildman–Crippen LogP) is 0.948. The van der Waals surface area contributed by atoms with Crippen LogP contribution in [0.25, 0.3) is 5.65 Å². The van der Waals surface area contributed by atoms with Gasteiger partial charge in [-0.25, -0.2) is 0 Å². The van der Waals surface area contributed by atoms with E-state index in [1.54, 1.807) is 29.2 Å². The molecule has 26 heavy (non-hydrogen) atoms. The Morgan fingerprint density at radius 2 is 1.81 bits per heavy atom. The first-order valence-corrected chi connectivity index (χ1v) is 9.03. The average molecular weight is 369 g/mol. The topological polar surface area (TPSA) is 106 Å². The highest BCUT2D eigenvalue weighted by Gasteiger charge is 2.24. The number of amides is 2. The van der Waals surface area contributed by atoms with Gasteiger partial charge in [-0.05, 0) is 31.4 Å². The Hall–Kier alpha value is -3.01. The Morgan fingerprint density at radius 3 is 2.58 bits per heavy atom. The van der Waals surface area contributed by atoms with Crippen molar-refractivity contribution in [3.8, 4) is 0 Å². The third-order valence-corrected chi connectivity index (χ3v) is 4.74. The summed E-state index contributed by atoms with van der Waals surface area (Å²) in [6, 6.07) is 8.69. The molecular formula is C16H15N7O2S. The smallest absolute Gasteiger partial charge is 0.279 e. The van der Waals surface area contributed by atoms with Gasteiger partial charge in [-0.15, -0.1) is 10.2 Å². The quantitative estimate of drug-likeness (QED) is 0.666. The average Bonchev–Trinajstić information content (AvgIpc) is 3.14. The van der Waals surface area contributed by atoms with Crippen LogP contribution in [0, 0.1) is 0 Å². The summed E-state index contributed by atoms with van der Waals surface area (Å²) in [5.41, 5.74) is 0.795. The van der Waals surface area contributed by atoms with Gasteiger partial charge in [0.2, 0.25) is 10.4 Å². The zero-order valence-electron chi connectivity index (χ0n) is 13.8. The molecule has 1 aliphatic heterocycles. The van der Waals surface area contributed by atoms with E-state index in [1.165, 1.54) is 4.52 Å². The van der Waals surface area contributed by atoms with Crippen LogP contribution in [0.1, 0.15) is 40.1 Å². The maximum absolute atomic E-state index is 12.7. The molecule has 9 nitrogen and oxygen atoms in total. The van der Waals surface area contributed by atoms with Gasteiger partial charge in [-0.1, -0.05) is 27.9 Å². The number of benzene rings is 1. The van der Waals surface area contributed by atoms with Crippen molar-refractivity contribution in [2.45, 2.75) is 19.3 Å². The van der Waals surface area contributed by atoms with Crippen LogP contribution in [0.5, 0.6) is 0 Å². The molecule has 3 aromatic rings. The van der Waals surface area contributed by atoms with Gasteiger partial charge in [-0.2, -0.15) is 9.51 Å². The standard InChI is InChI=1S/C16H15N7O2S/c24-14(11-7-3-1-4-8-11)17-16-23-13(19-21-26-16)12(18-20-23)15(25)22-9-5-2-6-10-22/h1,3-4,7-8H,2,5-6,9-10H2. The molecule has 3 heterocycles. The first-order chi connectivity index (χ1) is 12.7. The first kappa shape index (κ1) is 16.5. The lowest BCUT2D eigenvalue weighted by Gasteiger charge is -2.25. The third-order valence-electron chi connectivity index (χ3n) is 4.15. The highest BCUT2D eigenvalue weighted by atomic mass is 32.1. The van der Waals surface area contributed by atoms with Gasteiger partial charge in [0.05, 0.1) is 0 Å². The number of hydrogen-bond acceptors (Lipinski definition) is 7. The summed E-state index contributed by atoms with van der Waals surface area (Å²) in [6.45, 7) is 1.40. The summed E-state index contributed by atoms with van der Waals surface area (Å²) < 4.78 is 5.18. The van der Waals surface area contributed by atoms with Crippen LogP contribution in [0.15, 0.2) is 35.3 Å². The molecule has 2 aromatic heterocycles. The number of fused-ring (bicyclic) bond motifs is 1. The van der Waals surface area contributed by atoms with Crippen LogP contribution in [-0.4, -0.2) is 54.2 Å². The number of nitrogens with zero attached hydrogens (tertiary/aromatic N) is 7. The van der Waals surface area contributed by atoms with Gasteiger partial charge < -0.3 is 4.90 Å². The summed E-state index contributed by atoms with van der Waals surface area (Å²) in [5, 5.41) is 11.9. The summed E-state index contributed by atoms with van der Waals surface area (Å²) in [7, 11) is 0. The minimum absolute atomic E-state index is 0.135. The zero-order chi connectivity index (χ0) is 17.9. The maximum Gasteiger partial charge on any atom is 0.279 e. The maximum atomic E-state index is 12.7. The second-order valence-corrected chi connectivity index (χ2v) is 6.58. The van der Waals surface area contributed by atoms with Gasteiger partial charge in [0, 0.05) is 30.2 Å². The highest BCUT2D eigenvalue weighted by molar-refractivity contribution is 7.02. The van der Waals surface area contributed by atoms with Crippen molar-refractivity contribution in [1.82, 2.24) is 29.3 Å². The molecule has 0 saturated carbocycles. The number of aromatic nitrogens is 5. The molecule has 1 saturated heterocycles. The van der Waals surface area contributed by atoms with Crippen molar-refractivity contribution in [2.75, 3.05) is 13.1 Å². The van der Waals surface area contributed by atoms with Gasteiger partial charge >= 0.3 is 0 Å². The van der Waals surface area contributed by atoms with Crippen molar-refractivity contribution < 1.29 is 9.59 Å². The SMILES string of the molecule is O=C(N=c1snnc2c(C(=O)N3CCCCC3)nnn12)c1ccccc1. The van der Waals surface area contributed by atoms with Crippen molar-refractivity contribution >= 4 is 29.0 Å². The molecule has 2 amide bonds. The largest absolute Gasteiger partial charge is 0.337 e. The van der Waals surface area contributed by atoms with Gasteiger partial charge in [0.1, 0.15) is 0 Å². The first-order valence-electron chi connectivity index (χ1n) is 8.25. The van der Waals surface area contributed by atoms with Crippen LogP contribution in [0.4, 0.5) is 0 Å².